The molecule has 3 nitrogen and oxygen atoms in total. The lowest BCUT2D eigenvalue weighted by atomic mass is 10.1. The summed E-state index contributed by atoms with van der Waals surface area (Å²) in [6.07, 6.45) is 7.09. The number of nitrogens with zero attached hydrogens (tertiary/aromatic N) is 1. The van der Waals surface area contributed by atoms with Gasteiger partial charge in [-0.25, -0.2) is 0 Å². The number of hydrogen-bond donors (Lipinski definition) is 0. The molecule has 2 aromatic carbocycles. The fraction of sp³-hybridized carbons (Fsp3) is 0.409. The second-order valence-corrected chi connectivity index (χ2v) is 6.62. The molecule has 3 heteroatoms. The van der Waals surface area contributed by atoms with E-state index >= 15 is 0 Å². The molecule has 1 aliphatic heterocycles. The molecule has 0 unspecified atom stereocenters. The summed E-state index contributed by atoms with van der Waals surface area (Å²) in [5.74, 6) is 0.907. The summed E-state index contributed by atoms with van der Waals surface area (Å²) in [4.78, 5) is 14.6. The standard InChI is InChI=1S/C22H27NO2/c1-2-3-4-5-8-17-25-20-13-11-19(12-14-20)22(24)23-16-15-18-9-6-7-10-21(18)23/h6-7,9-14H,2-5,8,15-17H2,1H3. The van der Waals surface area contributed by atoms with Crippen molar-refractivity contribution in [3.05, 3.63) is 59.7 Å². The van der Waals surface area contributed by atoms with E-state index in [0.29, 0.717) is 5.56 Å². The molecule has 0 N–H and O–H groups in total. The van der Waals surface area contributed by atoms with E-state index in [2.05, 4.69) is 13.0 Å². The van der Waals surface area contributed by atoms with E-state index in [0.717, 1.165) is 37.4 Å². The number of carbonyl (C=O) groups excluding carboxylic acids is 1. The molecule has 0 aromatic heterocycles. The molecular weight excluding hydrogens is 310 g/mol. The first-order valence-corrected chi connectivity index (χ1v) is 9.42. The normalized spacial score (nSPS) is 12.9. The Balaban J connectivity index is 1.53. The summed E-state index contributed by atoms with van der Waals surface area (Å²) in [6, 6.07) is 15.7. The van der Waals surface area contributed by atoms with Crippen LogP contribution in [-0.2, 0) is 6.42 Å². The highest BCUT2D eigenvalue weighted by Crippen LogP contribution is 2.29. The van der Waals surface area contributed by atoms with Gasteiger partial charge in [-0.3, -0.25) is 4.79 Å². The number of para-hydroxylation sites is 1. The van der Waals surface area contributed by atoms with Gasteiger partial charge in [0.1, 0.15) is 5.75 Å². The Kier molecular flexibility index (Phi) is 6.10. The summed E-state index contributed by atoms with van der Waals surface area (Å²) >= 11 is 0. The van der Waals surface area contributed by atoms with Crippen LogP contribution in [0.1, 0.15) is 54.9 Å². The highest BCUT2D eigenvalue weighted by Gasteiger charge is 2.24. The number of unbranched alkanes of at least 4 members (excludes halogenated alkanes) is 4. The second-order valence-electron chi connectivity index (χ2n) is 6.62. The van der Waals surface area contributed by atoms with E-state index < -0.39 is 0 Å². The predicted molar refractivity (Wildman–Crippen MR) is 103 cm³/mol. The van der Waals surface area contributed by atoms with Crippen molar-refractivity contribution >= 4 is 11.6 Å². The van der Waals surface area contributed by atoms with Gasteiger partial charge in [-0.2, -0.15) is 0 Å². The van der Waals surface area contributed by atoms with Crippen molar-refractivity contribution in [2.24, 2.45) is 0 Å². The molecule has 0 fully saturated rings. The largest absolute Gasteiger partial charge is 0.494 e. The summed E-state index contributed by atoms with van der Waals surface area (Å²) in [5.41, 5.74) is 3.01. The third kappa shape index (κ3) is 4.41. The first-order chi connectivity index (χ1) is 12.3. The van der Waals surface area contributed by atoms with Crippen LogP contribution >= 0.6 is 0 Å². The number of ether oxygens (including phenoxy) is 1. The van der Waals surface area contributed by atoms with Crippen molar-refractivity contribution in [1.29, 1.82) is 0 Å². The summed E-state index contributed by atoms with van der Waals surface area (Å²) < 4.78 is 5.78. The number of benzene rings is 2. The number of rotatable bonds is 8. The van der Waals surface area contributed by atoms with Crippen molar-refractivity contribution < 1.29 is 9.53 Å². The second kappa shape index (κ2) is 8.70. The Labute approximate surface area is 150 Å². The number of hydrogen-bond acceptors (Lipinski definition) is 2. The average molecular weight is 337 g/mol. The first-order valence-electron chi connectivity index (χ1n) is 9.42. The zero-order valence-electron chi connectivity index (χ0n) is 15.0. The number of fused-ring (bicyclic) bond motifs is 1. The Morgan fingerprint density at radius 3 is 2.56 bits per heavy atom. The van der Waals surface area contributed by atoms with Crippen LogP contribution in [0.4, 0.5) is 5.69 Å². The number of carbonyl (C=O) groups is 1. The van der Waals surface area contributed by atoms with Gasteiger partial charge in [0.15, 0.2) is 0 Å². The fourth-order valence-corrected chi connectivity index (χ4v) is 3.29. The molecule has 0 bridgehead atoms. The Bertz CT molecular complexity index is 693. The van der Waals surface area contributed by atoms with Gasteiger partial charge in [0.05, 0.1) is 6.61 Å². The van der Waals surface area contributed by atoms with Crippen LogP contribution in [0.5, 0.6) is 5.75 Å². The van der Waals surface area contributed by atoms with Crippen molar-refractivity contribution in [2.45, 2.75) is 45.4 Å². The lowest BCUT2D eigenvalue weighted by molar-refractivity contribution is 0.0989. The van der Waals surface area contributed by atoms with Crippen LogP contribution in [0.15, 0.2) is 48.5 Å². The van der Waals surface area contributed by atoms with Crippen LogP contribution in [-0.4, -0.2) is 19.1 Å². The van der Waals surface area contributed by atoms with Crippen LogP contribution in [0.3, 0.4) is 0 Å². The Hall–Kier alpha value is -2.29. The van der Waals surface area contributed by atoms with E-state index in [1.165, 1.54) is 31.2 Å². The quantitative estimate of drug-likeness (QED) is 0.617. The molecule has 132 valence electrons. The third-order valence-electron chi connectivity index (χ3n) is 4.75. The first kappa shape index (κ1) is 17.5. The molecule has 2 aromatic rings. The summed E-state index contributed by atoms with van der Waals surface area (Å²) in [6.45, 7) is 3.73. The fourth-order valence-electron chi connectivity index (χ4n) is 3.29. The molecule has 3 rings (SSSR count). The minimum absolute atomic E-state index is 0.0658. The van der Waals surface area contributed by atoms with Gasteiger partial charge in [-0.1, -0.05) is 50.8 Å². The topological polar surface area (TPSA) is 29.5 Å². The van der Waals surface area contributed by atoms with Crippen molar-refractivity contribution in [2.75, 3.05) is 18.1 Å². The summed E-state index contributed by atoms with van der Waals surface area (Å²) in [5, 5.41) is 0. The van der Waals surface area contributed by atoms with Crippen LogP contribution in [0.2, 0.25) is 0 Å². The van der Waals surface area contributed by atoms with Crippen LogP contribution in [0.25, 0.3) is 0 Å². The van der Waals surface area contributed by atoms with E-state index in [1.54, 1.807) is 0 Å². The maximum Gasteiger partial charge on any atom is 0.258 e. The minimum atomic E-state index is 0.0658. The molecular formula is C22H27NO2. The molecule has 1 heterocycles. The van der Waals surface area contributed by atoms with Gasteiger partial charge in [-0.05, 0) is 48.7 Å². The highest BCUT2D eigenvalue weighted by molar-refractivity contribution is 6.07. The smallest absolute Gasteiger partial charge is 0.258 e. The van der Waals surface area contributed by atoms with Gasteiger partial charge >= 0.3 is 0 Å². The molecule has 1 amide bonds. The third-order valence-corrected chi connectivity index (χ3v) is 4.75. The van der Waals surface area contributed by atoms with Gasteiger partial charge in [-0.15, -0.1) is 0 Å². The van der Waals surface area contributed by atoms with Crippen LogP contribution in [0, 0.1) is 0 Å². The Morgan fingerprint density at radius 1 is 1.00 bits per heavy atom. The molecule has 0 saturated carbocycles. The SMILES string of the molecule is CCCCCCCOc1ccc(C(=O)N2CCc3ccccc32)cc1. The van der Waals surface area contributed by atoms with Crippen molar-refractivity contribution in [1.82, 2.24) is 0 Å². The monoisotopic (exact) mass is 337 g/mol. The molecule has 0 radical (unpaired) electrons. The maximum atomic E-state index is 12.8. The van der Waals surface area contributed by atoms with Crippen molar-refractivity contribution in [3.63, 3.8) is 0 Å². The lowest BCUT2D eigenvalue weighted by Gasteiger charge is -2.17. The van der Waals surface area contributed by atoms with E-state index in [1.807, 2.05) is 47.4 Å². The van der Waals surface area contributed by atoms with E-state index in [-0.39, 0.29) is 5.91 Å². The Morgan fingerprint density at radius 2 is 1.76 bits per heavy atom. The lowest BCUT2D eigenvalue weighted by Crippen LogP contribution is -2.28. The zero-order chi connectivity index (χ0) is 17.5. The molecule has 0 saturated heterocycles. The summed E-state index contributed by atoms with van der Waals surface area (Å²) in [7, 11) is 0. The zero-order valence-corrected chi connectivity index (χ0v) is 15.0. The minimum Gasteiger partial charge on any atom is -0.494 e. The highest BCUT2D eigenvalue weighted by atomic mass is 16.5. The van der Waals surface area contributed by atoms with Gasteiger partial charge in [0, 0.05) is 17.8 Å². The predicted octanol–water partition coefficient (Wildman–Crippen LogP) is 5.24. The number of anilines is 1. The average Bonchev–Trinajstić information content (AvgIpc) is 3.08. The molecule has 0 atom stereocenters. The molecule has 0 aliphatic carbocycles. The van der Waals surface area contributed by atoms with Gasteiger partial charge in [0.2, 0.25) is 0 Å². The van der Waals surface area contributed by atoms with E-state index in [4.69, 9.17) is 4.74 Å². The molecule has 1 aliphatic rings. The maximum absolute atomic E-state index is 12.8. The molecule has 25 heavy (non-hydrogen) atoms. The van der Waals surface area contributed by atoms with Crippen molar-refractivity contribution in [3.8, 4) is 5.75 Å². The molecule has 0 spiro atoms. The van der Waals surface area contributed by atoms with E-state index in [9.17, 15) is 4.79 Å². The van der Waals surface area contributed by atoms with Gasteiger partial charge < -0.3 is 9.64 Å². The number of amides is 1. The van der Waals surface area contributed by atoms with Gasteiger partial charge in [0.25, 0.3) is 5.91 Å². The van der Waals surface area contributed by atoms with Crippen LogP contribution < -0.4 is 9.64 Å².